The van der Waals surface area contributed by atoms with Crippen molar-refractivity contribution in [1.82, 2.24) is 15.2 Å². The fraction of sp³-hybridized carbons (Fsp3) is 0.368. The number of rotatable bonds is 5. The molecule has 0 unspecified atom stereocenters. The van der Waals surface area contributed by atoms with Gasteiger partial charge >= 0.3 is 0 Å². The number of amides is 1. The SMILES string of the molecule is C[C@H](NC(=O)CN1CCN(c2ccccn2)CC1)c1cccc(Cl)c1. The van der Waals surface area contributed by atoms with Crippen molar-refractivity contribution in [2.24, 2.45) is 0 Å². The molecule has 2 heterocycles. The number of nitrogens with one attached hydrogen (secondary N) is 1. The fourth-order valence-electron chi connectivity index (χ4n) is 3.03. The van der Waals surface area contributed by atoms with Gasteiger partial charge in [0, 0.05) is 37.4 Å². The van der Waals surface area contributed by atoms with Crippen LogP contribution in [0.3, 0.4) is 0 Å². The summed E-state index contributed by atoms with van der Waals surface area (Å²) in [5.41, 5.74) is 1.01. The molecule has 1 aliphatic rings. The second-order valence-corrected chi connectivity index (χ2v) is 6.73. The molecule has 25 heavy (non-hydrogen) atoms. The zero-order valence-electron chi connectivity index (χ0n) is 14.4. The summed E-state index contributed by atoms with van der Waals surface area (Å²) in [6, 6.07) is 13.5. The lowest BCUT2D eigenvalue weighted by Gasteiger charge is -2.35. The Hall–Kier alpha value is -2.11. The quantitative estimate of drug-likeness (QED) is 0.892. The molecule has 1 aliphatic heterocycles. The number of benzene rings is 1. The summed E-state index contributed by atoms with van der Waals surface area (Å²) in [6.07, 6.45) is 1.81. The molecule has 132 valence electrons. The molecule has 0 spiro atoms. The summed E-state index contributed by atoms with van der Waals surface area (Å²) >= 11 is 6.01. The molecule has 1 aromatic carbocycles. The highest BCUT2D eigenvalue weighted by Crippen LogP contribution is 2.17. The Labute approximate surface area is 153 Å². The van der Waals surface area contributed by atoms with Crippen LogP contribution >= 0.6 is 11.6 Å². The van der Waals surface area contributed by atoms with E-state index in [1.807, 2.05) is 55.6 Å². The van der Waals surface area contributed by atoms with E-state index < -0.39 is 0 Å². The zero-order chi connectivity index (χ0) is 17.6. The molecule has 1 atom stereocenters. The van der Waals surface area contributed by atoms with Gasteiger partial charge in [-0.1, -0.05) is 29.8 Å². The molecule has 6 heteroatoms. The molecule has 0 bridgehead atoms. The lowest BCUT2D eigenvalue weighted by molar-refractivity contribution is -0.123. The van der Waals surface area contributed by atoms with Crippen LogP contribution in [-0.4, -0.2) is 48.5 Å². The summed E-state index contributed by atoms with van der Waals surface area (Å²) in [5.74, 6) is 1.04. The third kappa shape index (κ3) is 4.94. The number of anilines is 1. The highest BCUT2D eigenvalue weighted by Gasteiger charge is 2.20. The maximum atomic E-state index is 12.3. The lowest BCUT2D eigenvalue weighted by Crippen LogP contribution is -2.49. The van der Waals surface area contributed by atoms with Crippen LogP contribution in [-0.2, 0) is 4.79 Å². The number of aromatic nitrogens is 1. The van der Waals surface area contributed by atoms with Crippen molar-refractivity contribution in [1.29, 1.82) is 0 Å². The molecule has 3 rings (SSSR count). The predicted octanol–water partition coefficient (Wildman–Crippen LogP) is 2.73. The third-order valence-corrected chi connectivity index (χ3v) is 4.67. The highest BCUT2D eigenvalue weighted by molar-refractivity contribution is 6.30. The van der Waals surface area contributed by atoms with Gasteiger partial charge in [0.1, 0.15) is 5.82 Å². The van der Waals surface area contributed by atoms with E-state index >= 15 is 0 Å². The molecule has 1 N–H and O–H groups in total. The Kier molecular flexibility index (Phi) is 5.89. The van der Waals surface area contributed by atoms with Crippen molar-refractivity contribution < 1.29 is 4.79 Å². The average molecular weight is 359 g/mol. The van der Waals surface area contributed by atoms with Crippen LogP contribution in [0.4, 0.5) is 5.82 Å². The normalized spacial score (nSPS) is 16.5. The van der Waals surface area contributed by atoms with Gasteiger partial charge in [-0.05, 0) is 36.8 Å². The molecule has 2 aromatic rings. The molecule has 0 saturated carbocycles. The number of nitrogens with zero attached hydrogens (tertiary/aromatic N) is 3. The first kappa shape index (κ1) is 17.7. The minimum Gasteiger partial charge on any atom is -0.354 e. The summed E-state index contributed by atoms with van der Waals surface area (Å²) in [4.78, 5) is 21.1. The number of hydrogen-bond acceptors (Lipinski definition) is 4. The molecule has 1 amide bonds. The van der Waals surface area contributed by atoms with Gasteiger partial charge < -0.3 is 10.2 Å². The van der Waals surface area contributed by atoms with Crippen molar-refractivity contribution >= 4 is 23.3 Å². The molecular weight excluding hydrogens is 336 g/mol. The lowest BCUT2D eigenvalue weighted by atomic mass is 10.1. The zero-order valence-corrected chi connectivity index (χ0v) is 15.1. The number of carbonyl (C=O) groups is 1. The monoisotopic (exact) mass is 358 g/mol. The van der Waals surface area contributed by atoms with Gasteiger partial charge in [0.2, 0.25) is 5.91 Å². The summed E-state index contributed by atoms with van der Waals surface area (Å²) in [6.45, 7) is 5.87. The minimum absolute atomic E-state index is 0.0405. The topological polar surface area (TPSA) is 48.5 Å². The number of piperazine rings is 1. The van der Waals surface area contributed by atoms with Crippen LogP contribution in [0, 0.1) is 0 Å². The Morgan fingerprint density at radius 3 is 2.68 bits per heavy atom. The van der Waals surface area contributed by atoms with Crippen molar-refractivity contribution in [3.63, 3.8) is 0 Å². The van der Waals surface area contributed by atoms with E-state index in [0.29, 0.717) is 11.6 Å². The van der Waals surface area contributed by atoms with Crippen LogP contribution in [0.2, 0.25) is 5.02 Å². The molecule has 0 radical (unpaired) electrons. The Morgan fingerprint density at radius 2 is 2.00 bits per heavy atom. The average Bonchev–Trinajstić information content (AvgIpc) is 2.63. The van der Waals surface area contributed by atoms with Crippen molar-refractivity contribution in [2.75, 3.05) is 37.6 Å². The van der Waals surface area contributed by atoms with Gasteiger partial charge in [0.25, 0.3) is 0 Å². The van der Waals surface area contributed by atoms with E-state index in [4.69, 9.17) is 11.6 Å². The van der Waals surface area contributed by atoms with E-state index in [0.717, 1.165) is 37.6 Å². The van der Waals surface area contributed by atoms with Crippen molar-refractivity contribution in [3.8, 4) is 0 Å². The second kappa shape index (κ2) is 8.32. The van der Waals surface area contributed by atoms with E-state index in [2.05, 4.69) is 20.1 Å². The van der Waals surface area contributed by atoms with Crippen molar-refractivity contribution in [2.45, 2.75) is 13.0 Å². The maximum absolute atomic E-state index is 12.3. The van der Waals surface area contributed by atoms with Gasteiger partial charge in [0.05, 0.1) is 12.6 Å². The largest absolute Gasteiger partial charge is 0.354 e. The Balaban J connectivity index is 1.46. The van der Waals surface area contributed by atoms with Gasteiger partial charge in [-0.3, -0.25) is 9.69 Å². The standard InChI is InChI=1S/C19H23ClN4O/c1-15(16-5-4-6-17(20)13-16)22-19(25)14-23-9-11-24(12-10-23)18-7-2-3-8-21-18/h2-8,13,15H,9-12,14H2,1H3,(H,22,25)/t15-/m0/s1. The van der Waals surface area contributed by atoms with Crippen LogP contribution in [0.5, 0.6) is 0 Å². The molecule has 1 saturated heterocycles. The molecule has 5 nitrogen and oxygen atoms in total. The fourth-order valence-corrected chi connectivity index (χ4v) is 3.22. The number of pyridine rings is 1. The number of carbonyl (C=O) groups excluding carboxylic acids is 1. The van der Waals surface area contributed by atoms with E-state index in [-0.39, 0.29) is 11.9 Å². The second-order valence-electron chi connectivity index (χ2n) is 6.30. The first-order valence-corrected chi connectivity index (χ1v) is 8.93. The number of halogens is 1. The predicted molar refractivity (Wildman–Crippen MR) is 101 cm³/mol. The van der Waals surface area contributed by atoms with Gasteiger partial charge in [-0.25, -0.2) is 4.98 Å². The van der Waals surface area contributed by atoms with E-state index in [1.54, 1.807) is 0 Å². The van der Waals surface area contributed by atoms with Crippen LogP contribution in [0.1, 0.15) is 18.5 Å². The first-order valence-electron chi connectivity index (χ1n) is 8.55. The summed E-state index contributed by atoms with van der Waals surface area (Å²) in [7, 11) is 0. The van der Waals surface area contributed by atoms with Crippen LogP contribution in [0.25, 0.3) is 0 Å². The van der Waals surface area contributed by atoms with Crippen LogP contribution < -0.4 is 10.2 Å². The molecule has 0 aliphatic carbocycles. The van der Waals surface area contributed by atoms with Crippen molar-refractivity contribution in [3.05, 3.63) is 59.2 Å². The molecular formula is C19H23ClN4O. The molecule has 1 aromatic heterocycles. The summed E-state index contributed by atoms with van der Waals surface area (Å²) < 4.78 is 0. The smallest absolute Gasteiger partial charge is 0.234 e. The van der Waals surface area contributed by atoms with E-state index in [9.17, 15) is 4.79 Å². The highest BCUT2D eigenvalue weighted by atomic mass is 35.5. The van der Waals surface area contributed by atoms with E-state index in [1.165, 1.54) is 0 Å². The molecule has 1 fully saturated rings. The summed E-state index contributed by atoms with van der Waals surface area (Å²) in [5, 5.41) is 3.73. The third-order valence-electron chi connectivity index (χ3n) is 4.44. The first-order chi connectivity index (χ1) is 12.1. The van der Waals surface area contributed by atoms with Crippen LogP contribution in [0.15, 0.2) is 48.7 Å². The van der Waals surface area contributed by atoms with Gasteiger partial charge in [-0.2, -0.15) is 0 Å². The van der Waals surface area contributed by atoms with Gasteiger partial charge in [0.15, 0.2) is 0 Å². The Bertz CT molecular complexity index is 702. The Morgan fingerprint density at radius 1 is 1.20 bits per heavy atom. The number of hydrogen-bond donors (Lipinski definition) is 1. The minimum atomic E-state index is -0.0546. The maximum Gasteiger partial charge on any atom is 0.234 e. The van der Waals surface area contributed by atoms with Gasteiger partial charge in [-0.15, -0.1) is 0 Å².